The molecule has 0 spiro atoms. The van der Waals surface area contributed by atoms with Gasteiger partial charge in [0.2, 0.25) is 0 Å². The standard InChI is InChI=1S/C31H30N6O2/c32-18-20-6-7-22-17-29(30(38)36-25-10-8-24(33)9-11-25)37(28(22)14-20)19-23-16-26(39-31-34-12-3-13-35-31)15-21-4-1-2-5-27(21)23/h1-7,10,12-17,24H,8-9,11,18-19,32-33H2,(H,36,38)/t24-/m1/s1. The van der Waals surface area contributed by atoms with Gasteiger partial charge in [-0.05, 0) is 71.5 Å². The lowest BCUT2D eigenvalue weighted by Gasteiger charge is -2.19. The first kappa shape index (κ1) is 24.8. The molecule has 1 aliphatic rings. The minimum absolute atomic E-state index is 0.142. The van der Waals surface area contributed by atoms with E-state index in [1.54, 1.807) is 18.5 Å². The Balaban J connectivity index is 1.43. The number of amides is 1. The van der Waals surface area contributed by atoms with Crippen LogP contribution in [0.4, 0.5) is 0 Å². The molecule has 0 saturated heterocycles. The van der Waals surface area contributed by atoms with E-state index >= 15 is 0 Å². The summed E-state index contributed by atoms with van der Waals surface area (Å²) in [6, 6.07) is 22.3. The van der Waals surface area contributed by atoms with Crippen LogP contribution in [0.25, 0.3) is 21.7 Å². The number of ether oxygens (including phenoxy) is 1. The minimum Gasteiger partial charge on any atom is -0.424 e. The SMILES string of the molecule is NCc1ccc2cc(C(=O)NC3=CC[C@@H](N)CC3)n(Cc3cc(Oc4ncccn4)cc4ccccc34)c2c1. The number of carbonyl (C=O) groups is 1. The van der Waals surface area contributed by atoms with Gasteiger partial charge < -0.3 is 26.1 Å². The molecular weight excluding hydrogens is 488 g/mol. The number of rotatable bonds is 7. The fraction of sp³-hybridized carbons (Fsp3) is 0.194. The van der Waals surface area contributed by atoms with Gasteiger partial charge in [0, 0.05) is 48.1 Å². The average molecular weight is 519 g/mol. The molecule has 0 fully saturated rings. The molecule has 1 atom stereocenters. The van der Waals surface area contributed by atoms with E-state index in [2.05, 4.69) is 32.0 Å². The van der Waals surface area contributed by atoms with Crippen molar-refractivity contribution in [3.8, 4) is 11.8 Å². The van der Waals surface area contributed by atoms with Crippen LogP contribution in [0.3, 0.4) is 0 Å². The molecule has 196 valence electrons. The largest absolute Gasteiger partial charge is 0.424 e. The lowest BCUT2D eigenvalue weighted by atomic mass is 10.00. The van der Waals surface area contributed by atoms with Crippen LogP contribution in [0, 0.1) is 0 Å². The number of nitrogens with one attached hydrogen (secondary N) is 1. The van der Waals surface area contributed by atoms with Crippen LogP contribution < -0.4 is 21.5 Å². The highest BCUT2D eigenvalue weighted by atomic mass is 16.5. The van der Waals surface area contributed by atoms with Crippen molar-refractivity contribution in [1.29, 1.82) is 0 Å². The zero-order valence-corrected chi connectivity index (χ0v) is 21.5. The summed E-state index contributed by atoms with van der Waals surface area (Å²) in [6.45, 7) is 0.872. The van der Waals surface area contributed by atoms with Crippen LogP contribution in [0.5, 0.6) is 11.8 Å². The molecule has 2 aromatic heterocycles. The number of benzene rings is 3. The smallest absolute Gasteiger partial charge is 0.321 e. The van der Waals surface area contributed by atoms with Gasteiger partial charge in [-0.25, -0.2) is 9.97 Å². The molecule has 0 unspecified atom stereocenters. The number of fused-ring (bicyclic) bond motifs is 2. The van der Waals surface area contributed by atoms with Gasteiger partial charge in [-0.2, -0.15) is 0 Å². The van der Waals surface area contributed by atoms with Crippen LogP contribution in [0.2, 0.25) is 0 Å². The third-order valence-corrected chi connectivity index (χ3v) is 7.16. The Labute approximate surface area is 226 Å². The monoisotopic (exact) mass is 518 g/mol. The number of allylic oxidation sites excluding steroid dienone is 1. The molecule has 5 aromatic rings. The van der Waals surface area contributed by atoms with Crippen molar-refractivity contribution in [3.05, 3.63) is 108 Å². The highest BCUT2D eigenvalue weighted by molar-refractivity contribution is 6.00. The molecular formula is C31H30N6O2. The predicted molar refractivity (Wildman–Crippen MR) is 152 cm³/mol. The summed E-state index contributed by atoms with van der Waals surface area (Å²) < 4.78 is 8.07. The third kappa shape index (κ3) is 5.25. The van der Waals surface area contributed by atoms with E-state index in [1.807, 2.05) is 54.6 Å². The second-order valence-corrected chi connectivity index (χ2v) is 9.87. The number of carbonyl (C=O) groups excluding carboxylic acids is 1. The Morgan fingerprint density at radius 3 is 2.67 bits per heavy atom. The summed E-state index contributed by atoms with van der Waals surface area (Å²) in [5, 5.41) is 6.21. The van der Waals surface area contributed by atoms with Gasteiger partial charge in [0.25, 0.3) is 5.91 Å². The first-order valence-corrected chi connectivity index (χ1v) is 13.1. The van der Waals surface area contributed by atoms with Crippen LogP contribution in [0.15, 0.2) is 90.9 Å². The maximum atomic E-state index is 13.6. The van der Waals surface area contributed by atoms with Gasteiger partial charge in [0.15, 0.2) is 0 Å². The maximum Gasteiger partial charge on any atom is 0.321 e. The lowest BCUT2D eigenvalue weighted by molar-refractivity contribution is 0.0955. The summed E-state index contributed by atoms with van der Waals surface area (Å²) in [4.78, 5) is 22.0. The Morgan fingerprint density at radius 1 is 1.03 bits per heavy atom. The molecule has 0 radical (unpaired) electrons. The predicted octanol–water partition coefficient (Wildman–Crippen LogP) is 5.01. The second-order valence-electron chi connectivity index (χ2n) is 9.87. The van der Waals surface area contributed by atoms with Gasteiger partial charge in [-0.1, -0.05) is 42.5 Å². The highest BCUT2D eigenvalue weighted by Gasteiger charge is 2.20. The van der Waals surface area contributed by atoms with Crippen molar-refractivity contribution in [2.24, 2.45) is 11.5 Å². The first-order valence-electron chi connectivity index (χ1n) is 13.1. The topological polar surface area (TPSA) is 121 Å². The molecule has 6 rings (SSSR count). The molecule has 8 nitrogen and oxygen atoms in total. The quantitative estimate of drug-likeness (QED) is 0.279. The van der Waals surface area contributed by atoms with Gasteiger partial charge >= 0.3 is 6.01 Å². The van der Waals surface area contributed by atoms with Gasteiger partial charge in [0.1, 0.15) is 11.4 Å². The van der Waals surface area contributed by atoms with Gasteiger partial charge in [-0.3, -0.25) is 4.79 Å². The highest BCUT2D eigenvalue weighted by Crippen LogP contribution is 2.31. The van der Waals surface area contributed by atoms with Crippen molar-refractivity contribution in [2.75, 3.05) is 0 Å². The van der Waals surface area contributed by atoms with E-state index in [4.69, 9.17) is 16.2 Å². The number of nitrogens with two attached hydrogens (primary N) is 2. The summed E-state index contributed by atoms with van der Waals surface area (Å²) >= 11 is 0. The van der Waals surface area contributed by atoms with Crippen molar-refractivity contribution in [2.45, 2.75) is 38.4 Å². The maximum absolute atomic E-state index is 13.6. The van der Waals surface area contributed by atoms with Crippen molar-refractivity contribution >= 4 is 27.6 Å². The molecule has 5 N–H and O–H groups in total. The molecule has 0 saturated carbocycles. The minimum atomic E-state index is -0.142. The fourth-order valence-electron chi connectivity index (χ4n) is 5.13. The Bertz CT molecular complexity index is 1690. The fourth-order valence-corrected chi connectivity index (χ4v) is 5.13. The molecule has 3 aromatic carbocycles. The van der Waals surface area contributed by atoms with E-state index < -0.39 is 0 Å². The number of aromatic nitrogens is 3. The van der Waals surface area contributed by atoms with Gasteiger partial charge in [-0.15, -0.1) is 0 Å². The average Bonchev–Trinajstić information content (AvgIpc) is 3.32. The van der Waals surface area contributed by atoms with Gasteiger partial charge in [0.05, 0.1) is 0 Å². The van der Waals surface area contributed by atoms with E-state index in [-0.39, 0.29) is 18.0 Å². The number of nitrogens with zero attached hydrogens (tertiary/aromatic N) is 3. The number of hydrogen-bond acceptors (Lipinski definition) is 6. The van der Waals surface area contributed by atoms with Crippen LogP contribution in [0.1, 0.15) is 40.9 Å². The molecule has 8 heteroatoms. The van der Waals surface area contributed by atoms with E-state index in [1.165, 1.54) is 0 Å². The summed E-state index contributed by atoms with van der Waals surface area (Å²) in [5.41, 5.74) is 16.5. The number of hydrogen-bond donors (Lipinski definition) is 3. The molecule has 0 aliphatic heterocycles. The van der Waals surface area contributed by atoms with Crippen molar-refractivity contribution < 1.29 is 9.53 Å². The van der Waals surface area contributed by atoms with E-state index in [0.29, 0.717) is 24.5 Å². The molecule has 1 aliphatic carbocycles. The van der Waals surface area contributed by atoms with E-state index in [9.17, 15) is 4.79 Å². The molecule has 0 bridgehead atoms. The summed E-state index contributed by atoms with van der Waals surface area (Å²) in [5.74, 6) is 0.486. The van der Waals surface area contributed by atoms with E-state index in [0.717, 1.165) is 57.8 Å². The second kappa shape index (κ2) is 10.7. The van der Waals surface area contributed by atoms with Crippen LogP contribution >= 0.6 is 0 Å². The summed E-state index contributed by atoms with van der Waals surface area (Å²) in [6.07, 6.45) is 7.71. The summed E-state index contributed by atoms with van der Waals surface area (Å²) in [7, 11) is 0. The first-order chi connectivity index (χ1) is 19.1. The zero-order valence-electron chi connectivity index (χ0n) is 21.5. The lowest BCUT2D eigenvalue weighted by Crippen LogP contribution is -2.30. The third-order valence-electron chi connectivity index (χ3n) is 7.16. The zero-order chi connectivity index (χ0) is 26.8. The van der Waals surface area contributed by atoms with Crippen molar-refractivity contribution in [3.63, 3.8) is 0 Å². The van der Waals surface area contributed by atoms with Crippen LogP contribution in [-0.4, -0.2) is 26.5 Å². The molecule has 1 amide bonds. The molecule has 2 heterocycles. The Hall–Kier alpha value is -4.53. The Kier molecular flexibility index (Phi) is 6.79. The van der Waals surface area contributed by atoms with Crippen molar-refractivity contribution in [1.82, 2.24) is 19.9 Å². The Morgan fingerprint density at radius 2 is 1.87 bits per heavy atom. The van der Waals surface area contributed by atoms with Crippen LogP contribution in [-0.2, 0) is 13.1 Å². The molecule has 39 heavy (non-hydrogen) atoms. The normalized spacial score (nSPS) is 15.3.